The van der Waals surface area contributed by atoms with Crippen molar-refractivity contribution in [3.63, 3.8) is 0 Å². The number of hydrogen-bond donors (Lipinski definition) is 2. The lowest BCUT2D eigenvalue weighted by Crippen LogP contribution is -2.20. The smallest absolute Gasteiger partial charge is 0.354 e. The monoisotopic (exact) mass is 276 g/mol. The van der Waals surface area contributed by atoms with E-state index >= 15 is 0 Å². The van der Waals surface area contributed by atoms with E-state index in [0.29, 0.717) is 19.1 Å². The number of amides is 1. The van der Waals surface area contributed by atoms with Crippen LogP contribution in [0.4, 0.5) is 0 Å². The van der Waals surface area contributed by atoms with E-state index in [9.17, 15) is 9.59 Å². The van der Waals surface area contributed by atoms with Crippen molar-refractivity contribution in [3.05, 3.63) is 41.7 Å². The first-order valence-electron chi connectivity index (χ1n) is 6.37. The van der Waals surface area contributed by atoms with Crippen LogP contribution < -0.4 is 5.32 Å². The molecule has 1 unspecified atom stereocenters. The number of aromatic carboxylic acids is 1. The number of rotatable bonds is 5. The number of carbonyl (C=O) groups is 2. The molecule has 6 heteroatoms. The van der Waals surface area contributed by atoms with Crippen LogP contribution >= 0.6 is 0 Å². The fourth-order valence-electron chi connectivity index (χ4n) is 1.83. The van der Waals surface area contributed by atoms with Gasteiger partial charge in [0.25, 0.3) is 0 Å². The Hall–Kier alpha value is -2.21. The van der Waals surface area contributed by atoms with E-state index < -0.39 is 5.97 Å². The number of nitrogens with one attached hydrogen (secondary N) is 1. The number of carboxylic acids is 1. The highest BCUT2D eigenvalue weighted by Gasteiger charge is 2.12. The van der Waals surface area contributed by atoms with Gasteiger partial charge in [-0.15, -0.1) is 0 Å². The van der Waals surface area contributed by atoms with Crippen LogP contribution in [0, 0.1) is 5.92 Å². The predicted octanol–water partition coefficient (Wildman–Crippen LogP) is 0.989. The molecule has 1 amide bonds. The molecule has 2 rings (SSSR count). The van der Waals surface area contributed by atoms with Crippen molar-refractivity contribution in [1.82, 2.24) is 10.3 Å². The standard InChI is InChI=1S/C14H16N2O4/c17-13(4-2-10-5-6-20-9-10)16-8-11-1-3-12(14(18)19)15-7-11/h1-4,7,10H,5-6,8-9H2,(H,16,17)(H,18,19)/b4-2+. The molecule has 0 aliphatic carbocycles. The molecule has 1 fully saturated rings. The van der Waals surface area contributed by atoms with Crippen LogP contribution in [0.1, 0.15) is 22.5 Å². The van der Waals surface area contributed by atoms with E-state index in [1.54, 1.807) is 6.07 Å². The summed E-state index contributed by atoms with van der Waals surface area (Å²) < 4.78 is 5.21. The highest BCUT2D eigenvalue weighted by molar-refractivity contribution is 5.87. The highest BCUT2D eigenvalue weighted by Crippen LogP contribution is 2.13. The molecule has 0 radical (unpaired) electrons. The first-order chi connectivity index (χ1) is 9.65. The molecule has 1 aliphatic rings. The Labute approximate surface area is 116 Å². The summed E-state index contributed by atoms with van der Waals surface area (Å²) in [5.74, 6) is -0.932. The average Bonchev–Trinajstić information content (AvgIpc) is 2.96. The summed E-state index contributed by atoms with van der Waals surface area (Å²) in [6, 6.07) is 3.04. The van der Waals surface area contributed by atoms with Gasteiger partial charge in [0.2, 0.25) is 5.91 Å². The van der Waals surface area contributed by atoms with Crippen molar-refractivity contribution in [2.24, 2.45) is 5.92 Å². The van der Waals surface area contributed by atoms with E-state index in [1.807, 2.05) is 6.08 Å². The van der Waals surface area contributed by atoms with Gasteiger partial charge in [0, 0.05) is 25.3 Å². The zero-order valence-electron chi connectivity index (χ0n) is 10.9. The van der Waals surface area contributed by atoms with Gasteiger partial charge in [-0.05, 0) is 24.1 Å². The molecule has 1 atom stereocenters. The maximum Gasteiger partial charge on any atom is 0.354 e. The maximum absolute atomic E-state index is 11.6. The second-order valence-electron chi connectivity index (χ2n) is 4.56. The first-order valence-corrected chi connectivity index (χ1v) is 6.37. The molecule has 2 heterocycles. The minimum atomic E-state index is -1.07. The summed E-state index contributed by atoms with van der Waals surface area (Å²) in [5.41, 5.74) is 0.738. The molecule has 1 aromatic heterocycles. The van der Waals surface area contributed by atoms with Gasteiger partial charge in [-0.3, -0.25) is 4.79 Å². The van der Waals surface area contributed by atoms with Crippen molar-refractivity contribution in [2.75, 3.05) is 13.2 Å². The van der Waals surface area contributed by atoms with Crippen molar-refractivity contribution in [2.45, 2.75) is 13.0 Å². The summed E-state index contributed by atoms with van der Waals surface area (Å²) in [7, 11) is 0. The molecule has 1 aromatic rings. The number of carbonyl (C=O) groups excluding carboxylic acids is 1. The van der Waals surface area contributed by atoms with Gasteiger partial charge in [-0.2, -0.15) is 0 Å². The number of carboxylic acid groups (broad SMARTS) is 1. The summed E-state index contributed by atoms with van der Waals surface area (Å²) in [6.45, 7) is 1.74. The molecule has 2 N–H and O–H groups in total. The molecule has 0 aromatic carbocycles. The van der Waals surface area contributed by atoms with E-state index in [4.69, 9.17) is 9.84 Å². The number of nitrogens with zero attached hydrogens (tertiary/aromatic N) is 1. The van der Waals surface area contributed by atoms with E-state index in [2.05, 4.69) is 10.3 Å². The SMILES string of the molecule is O=C(/C=C/C1CCOC1)NCc1ccc(C(=O)O)nc1. The normalized spacial score (nSPS) is 18.3. The summed E-state index contributed by atoms with van der Waals surface area (Å²) in [5, 5.41) is 11.4. The number of ether oxygens (including phenoxy) is 1. The predicted molar refractivity (Wildman–Crippen MR) is 71.1 cm³/mol. The Morgan fingerprint density at radius 3 is 2.95 bits per heavy atom. The lowest BCUT2D eigenvalue weighted by atomic mass is 10.1. The van der Waals surface area contributed by atoms with Crippen LogP contribution in [0.15, 0.2) is 30.5 Å². The van der Waals surface area contributed by atoms with Crippen LogP contribution in [0.3, 0.4) is 0 Å². The number of hydrogen-bond acceptors (Lipinski definition) is 4. The molecular weight excluding hydrogens is 260 g/mol. The fourth-order valence-corrected chi connectivity index (χ4v) is 1.83. The van der Waals surface area contributed by atoms with E-state index in [-0.39, 0.29) is 11.6 Å². The van der Waals surface area contributed by atoms with Gasteiger partial charge in [-0.25, -0.2) is 9.78 Å². The minimum Gasteiger partial charge on any atom is -0.477 e. The summed E-state index contributed by atoms with van der Waals surface area (Å²) in [6.07, 6.45) is 5.76. The Balaban J connectivity index is 1.79. The van der Waals surface area contributed by atoms with Gasteiger partial charge in [0.05, 0.1) is 6.61 Å². The second kappa shape index (κ2) is 6.81. The van der Waals surface area contributed by atoms with Crippen molar-refractivity contribution < 1.29 is 19.4 Å². The van der Waals surface area contributed by atoms with Gasteiger partial charge in [0.1, 0.15) is 5.69 Å². The second-order valence-corrected chi connectivity index (χ2v) is 4.56. The minimum absolute atomic E-state index is 0.0128. The zero-order chi connectivity index (χ0) is 14.4. The number of aromatic nitrogens is 1. The topological polar surface area (TPSA) is 88.5 Å². The van der Waals surface area contributed by atoms with Crippen LogP contribution in [-0.2, 0) is 16.1 Å². The Kier molecular flexibility index (Phi) is 4.84. The average molecular weight is 276 g/mol. The third kappa shape index (κ3) is 4.17. The third-order valence-corrected chi connectivity index (χ3v) is 3.00. The molecule has 0 bridgehead atoms. The molecule has 20 heavy (non-hydrogen) atoms. The van der Waals surface area contributed by atoms with Crippen molar-refractivity contribution in [1.29, 1.82) is 0 Å². The van der Waals surface area contributed by atoms with Crippen molar-refractivity contribution in [3.8, 4) is 0 Å². The largest absolute Gasteiger partial charge is 0.477 e. The maximum atomic E-state index is 11.6. The summed E-state index contributed by atoms with van der Waals surface area (Å²) in [4.78, 5) is 26.0. The lowest BCUT2D eigenvalue weighted by Gasteiger charge is -2.03. The van der Waals surface area contributed by atoms with Gasteiger partial charge in [0.15, 0.2) is 0 Å². The molecule has 6 nitrogen and oxygen atoms in total. The molecular formula is C14H16N2O4. The first kappa shape index (κ1) is 14.2. The van der Waals surface area contributed by atoms with Crippen LogP contribution in [0.2, 0.25) is 0 Å². The van der Waals surface area contributed by atoms with Gasteiger partial charge in [-0.1, -0.05) is 12.1 Å². The summed E-state index contributed by atoms with van der Waals surface area (Å²) >= 11 is 0. The van der Waals surface area contributed by atoms with Gasteiger partial charge >= 0.3 is 5.97 Å². The number of pyridine rings is 1. The quantitative estimate of drug-likeness (QED) is 0.783. The van der Waals surface area contributed by atoms with Crippen LogP contribution in [0.5, 0.6) is 0 Å². The van der Waals surface area contributed by atoms with E-state index in [0.717, 1.165) is 18.6 Å². The Morgan fingerprint density at radius 1 is 1.50 bits per heavy atom. The van der Waals surface area contributed by atoms with E-state index in [1.165, 1.54) is 18.3 Å². The van der Waals surface area contributed by atoms with Crippen LogP contribution in [0.25, 0.3) is 0 Å². The Bertz CT molecular complexity index is 504. The zero-order valence-corrected chi connectivity index (χ0v) is 10.9. The molecule has 0 saturated carbocycles. The van der Waals surface area contributed by atoms with Crippen molar-refractivity contribution >= 4 is 11.9 Å². The highest BCUT2D eigenvalue weighted by atomic mass is 16.5. The van der Waals surface area contributed by atoms with Gasteiger partial charge < -0.3 is 15.2 Å². The third-order valence-electron chi connectivity index (χ3n) is 3.00. The molecule has 1 saturated heterocycles. The molecule has 106 valence electrons. The fraction of sp³-hybridized carbons (Fsp3) is 0.357. The van der Waals surface area contributed by atoms with Crippen LogP contribution in [-0.4, -0.2) is 35.2 Å². The lowest BCUT2D eigenvalue weighted by molar-refractivity contribution is -0.116. The Morgan fingerprint density at radius 2 is 2.35 bits per heavy atom. The molecule has 0 spiro atoms. The molecule has 1 aliphatic heterocycles.